The van der Waals surface area contributed by atoms with Crippen molar-refractivity contribution in [3.63, 3.8) is 0 Å². The van der Waals surface area contributed by atoms with Crippen LogP contribution in [-0.4, -0.2) is 28.3 Å². The van der Waals surface area contributed by atoms with Crippen molar-refractivity contribution in [3.05, 3.63) is 28.2 Å². The van der Waals surface area contributed by atoms with Crippen LogP contribution in [0.5, 0.6) is 0 Å². The van der Waals surface area contributed by atoms with Gasteiger partial charge in [-0.2, -0.15) is 0 Å². The zero-order chi connectivity index (χ0) is 16.0. The maximum Gasteiger partial charge on any atom is 0.336 e. The number of carbonyl (C=O) groups is 2. The highest BCUT2D eigenvalue weighted by Gasteiger charge is 2.18. The largest absolute Gasteiger partial charge is 0.478 e. The average molecular weight is 374 g/mol. The lowest BCUT2D eigenvalue weighted by molar-refractivity contribution is -0.121. The van der Waals surface area contributed by atoms with Crippen molar-refractivity contribution >= 4 is 39.6 Å². The minimum absolute atomic E-state index is 0.0199. The van der Waals surface area contributed by atoms with Gasteiger partial charge in [-0.15, -0.1) is 11.8 Å². The Morgan fingerprint density at radius 3 is 2.48 bits per heavy atom. The molecule has 1 rings (SSSR count). The summed E-state index contributed by atoms with van der Waals surface area (Å²) in [6, 6.07) is 5.28. The van der Waals surface area contributed by atoms with Gasteiger partial charge >= 0.3 is 5.97 Å². The van der Waals surface area contributed by atoms with E-state index in [9.17, 15) is 9.59 Å². The Hall–Kier alpha value is -1.01. The molecule has 6 heteroatoms. The van der Waals surface area contributed by atoms with Gasteiger partial charge in [0.15, 0.2) is 0 Å². The van der Waals surface area contributed by atoms with Crippen LogP contribution >= 0.6 is 27.7 Å². The summed E-state index contributed by atoms with van der Waals surface area (Å²) in [6.07, 6.45) is 1.81. The van der Waals surface area contributed by atoms with E-state index in [0.29, 0.717) is 4.47 Å². The Bertz CT molecular complexity index is 518. The highest BCUT2D eigenvalue weighted by atomic mass is 79.9. The first-order chi connectivity index (χ1) is 9.88. The van der Waals surface area contributed by atoms with E-state index in [1.165, 1.54) is 11.8 Å². The lowest BCUT2D eigenvalue weighted by Crippen LogP contribution is -2.38. The molecule has 0 aromatic heterocycles. The number of aromatic carboxylic acids is 1. The third-order valence-corrected chi connectivity index (χ3v) is 4.97. The van der Waals surface area contributed by atoms with Crippen LogP contribution in [0.1, 0.15) is 44.0 Å². The van der Waals surface area contributed by atoms with Crippen molar-refractivity contribution in [2.45, 2.75) is 49.8 Å². The van der Waals surface area contributed by atoms with Gasteiger partial charge < -0.3 is 10.4 Å². The predicted molar refractivity (Wildman–Crippen MR) is 88.9 cm³/mol. The Balaban J connectivity index is 2.74. The molecule has 1 atom stereocenters. The van der Waals surface area contributed by atoms with Crippen molar-refractivity contribution in [2.75, 3.05) is 0 Å². The van der Waals surface area contributed by atoms with Gasteiger partial charge in [-0.25, -0.2) is 4.79 Å². The molecule has 1 aromatic carbocycles. The van der Waals surface area contributed by atoms with Crippen LogP contribution in [0.15, 0.2) is 27.6 Å². The van der Waals surface area contributed by atoms with E-state index in [4.69, 9.17) is 5.11 Å². The van der Waals surface area contributed by atoms with Crippen molar-refractivity contribution in [2.24, 2.45) is 0 Å². The smallest absolute Gasteiger partial charge is 0.336 e. The molecule has 0 heterocycles. The summed E-state index contributed by atoms with van der Waals surface area (Å²) in [6.45, 7) is 5.91. The number of hydrogen-bond acceptors (Lipinski definition) is 3. The number of carbonyl (C=O) groups excluding carboxylic acids is 1. The summed E-state index contributed by atoms with van der Waals surface area (Å²) in [5.74, 6) is -1.01. The molecule has 1 unspecified atom stereocenters. The molecule has 0 aliphatic carbocycles. The van der Waals surface area contributed by atoms with E-state index in [2.05, 4.69) is 21.2 Å². The monoisotopic (exact) mass is 373 g/mol. The van der Waals surface area contributed by atoms with Gasteiger partial charge in [0, 0.05) is 15.4 Å². The molecular formula is C15H20BrNO3S. The SMILES string of the molecule is CCC(CC)NC(=O)C(C)Sc1ccc(Br)c(C(=O)O)c1. The molecule has 0 bridgehead atoms. The standard InChI is InChI=1S/C15H20BrNO3S/c1-4-10(5-2)17-14(18)9(3)21-11-6-7-13(16)12(8-11)15(19)20/h6-10H,4-5H2,1-3H3,(H,17,18)(H,19,20). The second kappa shape index (κ2) is 8.44. The molecule has 0 spiro atoms. The van der Waals surface area contributed by atoms with Crippen LogP contribution in [0.3, 0.4) is 0 Å². The normalized spacial score (nSPS) is 12.2. The first-order valence-corrected chi connectivity index (χ1v) is 8.56. The lowest BCUT2D eigenvalue weighted by Gasteiger charge is -2.18. The van der Waals surface area contributed by atoms with E-state index in [1.807, 2.05) is 26.8 Å². The van der Waals surface area contributed by atoms with Gasteiger partial charge in [0.25, 0.3) is 0 Å². The van der Waals surface area contributed by atoms with Gasteiger partial charge in [0.2, 0.25) is 5.91 Å². The van der Waals surface area contributed by atoms with Crippen molar-refractivity contribution in [1.82, 2.24) is 5.32 Å². The predicted octanol–water partition coefficient (Wildman–Crippen LogP) is 3.93. The fourth-order valence-corrected chi connectivity index (χ4v) is 3.14. The number of carboxylic acid groups (broad SMARTS) is 1. The number of hydrogen-bond donors (Lipinski definition) is 2. The van der Waals surface area contributed by atoms with E-state index in [0.717, 1.165) is 17.7 Å². The van der Waals surface area contributed by atoms with Gasteiger partial charge in [0.1, 0.15) is 0 Å². The Kier molecular flexibility index (Phi) is 7.25. The lowest BCUT2D eigenvalue weighted by atomic mass is 10.2. The molecule has 0 fully saturated rings. The number of carboxylic acids is 1. The summed E-state index contributed by atoms with van der Waals surface area (Å²) in [4.78, 5) is 24.0. The molecule has 0 aliphatic rings. The summed E-state index contributed by atoms with van der Waals surface area (Å²) >= 11 is 4.57. The molecule has 0 radical (unpaired) electrons. The van der Waals surface area contributed by atoms with Gasteiger partial charge in [0.05, 0.1) is 10.8 Å². The highest BCUT2D eigenvalue weighted by Crippen LogP contribution is 2.28. The fraction of sp³-hybridized carbons (Fsp3) is 0.467. The number of amides is 1. The molecule has 4 nitrogen and oxygen atoms in total. The first kappa shape index (κ1) is 18.0. The Morgan fingerprint density at radius 2 is 1.95 bits per heavy atom. The minimum Gasteiger partial charge on any atom is -0.478 e. The molecule has 1 aromatic rings. The van der Waals surface area contributed by atoms with Crippen LogP contribution in [0.4, 0.5) is 0 Å². The highest BCUT2D eigenvalue weighted by molar-refractivity contribution is 9.10. The number of benzene rings is 1. The quantitative estimate of drug-likeness (QED) is 0.710. The Morgan fingerprint density at radius 1 is 1.33 bits per heavy atom. The second-order valence-electron chi connectivity index (χ2n) is 4.73. The molecule has 21 heavy (non-hydrogen) atoms. The molecule has 1 amide bonds. The van der Waals surface area contributed by atoms with E-state index in [1.54, 1.807) is 12.1 Å². The van der Waals surface area contributed by atoms with Crippen molar-refractivity contribution < 1.29 is 14.7 Å². The number of halogens is 1. The summed E-state index contributed by atoms with van der Waals surface area (Å²) in [7, 11) is 0. The topological polar surface area (TPSA) is 66.4 Å². The zero-order valence-corrected chi connectivity index (χ0v) is 14.8. The third-order valence-electron chi connectivity index (χ3n) is 3.18. The van der Waals surface area contributed by atoms with Crippen LogP contribution < -0.4 is 5.32 Å². The minimum atomic E-state index is -0.988. The summed E-state index contributed by atoms with van der Waals surface area (Å²) in [5, 5.41) is 11.8. The zero-order valence-electron chi connectivity index (χ0n) is 12.4. The average Bonchev–Trinajstić information content (AvgIpc) is 2.46. The van der Waals surface area contributed by atoms with E-state index in [-0.39, 0.29) is 22.8 Å². The molecule has 2 N–H and O–H groups in total. The summed E-state index contributed by atoms with van der Waals surface area (Å²) < 4.78 is 0.536. The molecular weight excluding hydrogens is 354 g/mol. The maximum absolute atomic E-state index is 12.1. The fourth-order valence-electron chi connectivity index (χ4n) is 1.81. The van der Waals surface area contributed by atoms with Gasteiger partial charge in [-0.1, -0.05) is 13.8 Å². The molecule has 116 valence electrons. The molecule has 0 aliphatic heterocycles. The van der Waals surface area contributed by atoms with E-state index >= 15 is 0 Å². The number of nitrogens with one attached hydrogen (secondary N) is 1. The second-order valence-corrected chi connectivity index (χ2v) is 7.00. The molecule has 0 saturated carbocycles. The van der Waals surface area contributed by atoms with Crippen LogP contribution in [0.25, 0.3) is 0 Å². The van der Waals surface area contributed by atoms with Gasteiger partial charge in [-0.05, 0) is 53.9 Å². The van der Waals surface area contributed by atoms with Gasteiger partial charge in [-0.3, -0.25) is 4.79 Å². The third kappa shape index (κ3) is 5.36. The first-order valence-electron chi connectivity index (χ1n) is 6.88. The number of rotatable bonds is 7. The summed E-state index contributed by atoms with van der Waals surface area (Å²) in [5.41, 5.74) is 0.201. The van der Waals surface area contributed by atoms with Crippen LogP contribution in [-0.2, 0) is 4.79 Å². The van der Waals surface area contributed by atoms with Crippen LogP contribution in [0, 0.1) is 0 Å². The number of thioether (sulfide) groups is 1. The Labute approximate surface area is 137 Å². The van der Waals surface area contributed by atoms with Crippen LogP contribution in [0.2, 0.25) is 0 Å². The molecule has 0 saturated heterocycles. The van der Waals surface area contributed by atoms with Crippen molar-refractivity contribution in [3.8, 4) is 0 Å². The van der Waals surface area contributed by atoms with E-state index < -0.39 is 5.97 Å². The maximum atomic E-state index is 12.1. The van der Waals surface area contributed by atoms with Crippen molar-refractivity contribution in [1.29, 1.82) is 0 Å².